The van der Waals surface area contributed by atoms with Gasteiger partial charge in [-0.2, -0.15) is 9.97 Å². The van der Waals surface area contributed by atoms with Crippen LogP contribution in [-0.4, -0.2) is 58.3 Å². The van der Waals surface area contributed by atoms with Gasteiger partial charge < -0.3 is 30.6 Å². The molecule has 1 aliphatic heterocycles. The number of nitrogens with one attached hydrogen (secondary N) is 2. The second kappa shape index (κ2) is 10.3. The standard InChI is InChI=1S/C24H32N8O2/c25-20(33)6-3-11-26-24-29-22(21-23(30-24)32(16-27-21)19-4-1-2-5-19)28-17-7-9-18(10-8-17)31-12-14-34-15-13-31/h7-10,16,19H,1-6,11-15H2,(H2,25,33)(H2,26,28,29,30). The van der Waals surface area contributed by atoms with Gasteiger partial charge in [0.25, 0.3) is 0 Å². The van der Waals surface area contributed by atoms with E-state index in [-0.39, 0.29) is 5.91 Å². The van der Waals surface area contributed by atoms with Crippen LogP contribution >= 0.6 is 0 Å². The molecule has 1 amide bonds. The maximum absolute atomic E-state index is 11.1. The van der Waals surface area contributed by atoms with Gasteiger partial charge in [-0.15, -0.1) is 0 Å². The Morgan fingerprint density at radius 3 is 2.62 bits per heavy atom. The van der Waals surface area contributed by atoms with Crippen molar-refractivity contribution in [2.75, 3.05) is 48.4 Å². The van der Waals surface area contributed by atoms with Crippen molar-refractivity contribution in [3.05, 3.63) is 30.6 Å². The number of carbonyl (C=O) groups excluding carboxylic acids is 1. The zero-order valence-electron chi connectivity index (χ0n) is 19.4. The molecule has 0 bridgehead atoms. The third kappa shape index (κ3) is 5.06. The first-order chi connectivity index (χ1) is 16.7. The fraction of sp³-hybridized carbons (Fsp3) is 0.500. The topological polar surface area (TPSA) is 123 Å². The maximum Gasteiger partial charge on any atom is 0.226 e. The van der Waals surface area contributed by atoms with E-state index < -0.39 is 0 Å². The molecule has 3 aromatic rings. The predicted octanol–water partition coefficient (Wildman–Crippen LogP) is 3.20. The van der Waals surface area contributed by atoms with Gasteiger partial charge in [0.2, 0.25) is 11.9 Å². The number of hydrogen-bond acceptors (Lipinski definition) is 8. The molecule has 4 N–H and O–H groups in total. The smallest absolute Gasteiger partial charge is 0.226 e. The van der Waals surface area contributed by atoms with Crippen LogP contribution in [0.3, 0.4) is 0 Å². The maximum atomic E-state index is 11.1. The van der Waals surface area contributed by atoms with E-state index in [0.29, 0.717) is 37.2 Å². The molecule has 0 radical (unpaired) electrons. The largest absolute Gasteiger partial charge is 0.378 e. The number of rotatable bonds is 9. The van der Waals surface area contributed by atoms with Gasteiger partial charge in [-0.3, -0.25) is 4.79 Å². The highest BCUT2D eigenvalue weighted by Gasteiger charge is 2.22. The molecular formula is C24H32N8O2. The van der Waals surface area contributed by atoms with Gasteiger partial charge >= 0.3 is 0 Å². The van der Waals surface area contributed by atoms with Crippen LogP contribution in [0, 0.1) is 0 Å². The zero-order chi connectivity index (χ0) is 23.3. The van der Waals surface area contributed by atoms with E-state index in [1.807, 2.05) is 6.33 Å². The van der Waals surface area contributed by atoms with Crippen molar-refractivity contribution in [1.29, 1.82) is 0 Å². The highest BCUT2D eigenvalue weighted by Crippen LogP contribution is 2.33. The lowest BCUT2D eigenvalue weighted by atomic mass is 10.2. The van der Waals surface area contributed by atoms with Gasteiger partial charge in [-0.1, -0.05) is 12.8 Å². The summed E-state index contributed by atoms with van der Waals surface area (Å²) in [6.45, 7) is 3.90. The number of carbonyl (C=O) groups is 1. The number of aromatic nitrogens is 4. The Hall–Kier alpha value is -3.40. The van der Waals surface area contributed by atoms with Crippen LogP contribution in [0.4, 0.5) is 23.1 Å². The Morgan fingerprint density at radius 1 is 1.12 bits per heavy atom. The van der Waals surface area contributed by atoms with Crippen LogP contribution in [0.1, 0.15) is 44.6 Å². The molecule has 2 aliphatic rings. The molecule has 2 aromatic heterocycles. The Morgan fingerprint density at radius 2 is 1.88 bits per heavy atom. The van der Waals surface area contributed by atoms with E-state index in [1.165, 1.54) is 18.5 Å². The molecule has 10 nitrogen and oxygen atoms in total. The van der Waals surface area contributed by atoms with Crippen LogP contribution < -0.4 is 21.3 Å². The SMILES string of the molecule is NC(=O)CCCNc1nc(Nc2ccc(N3CCOCC3)cc2)c2ncn(C3CCCC3)c2n1. The van der Waals surface area contributed by atoms with Crippen LogP contribution in [-0.2, 0) is 9.53 Å². The van der Waals surface area contributed by atoms with E-state index >= 15 is 0 Å². The van der Waals surface area contributed by atoms with Gasteiger partial charge in [-0.25, -0.2) is 4.98 Å². The molecule has 2 fully saturated rings. The third-order valence-corrected chi connectivity index (χ3v) is 6.53. The number of fused-ring (bicyclic) bond motifs is 1. The minimum Gasteiger partial charge on any atom is -0.378 e. The molecule has 1 aromatic carbocycles. The lowest BCUT2D eigenvalue weighted by Crippen LogP contribution is -2.36. The molecule has 0 unspecified atom stereocenters. The highest BCUT2D eigenvalue weighted by molar-refractivity contribution is 5.86. The Kier molecular flexibility index (Phi) is 6.75. The first-order valence-corrected chi connectivity index (χ1v) is 12.1. The van der Waals surface area contributed by atoms with E-state index in [4.69, 9.17) is 20.4 Å². The van der Waals surface area contributed by atoms with E-state index in [1.54, 1.807) is 0 Å². The van der Waals surface area contributed by atoms with Gasteiger partial charge in [0.1, 0.15) is 0 Å². The summed E-state index contributed by atoms with van der Waals surface area (Å²) in [5.41, 5.74) is 8.96. The summed E-state index contributed by atoms with van der Waals surface area (Å²) in [4.78, 5) is 27.5. The highest BCUT2D eigenvalue weighted by atomic mass is 16.5. The number of nitrogens with two attached hydrogens (primary N) is 1. The summed E-state index contributed by atoms with van der Waals surface area (Å²) >= 11 is 0. The Bertz CT molecular complexity index is 1120. The second-order valence-corrected chi connectivity index (χ2v) is 8.93. The fourth-order valence-electron chi connectivity index (χ4n) is 4.71. The summed E-state index contributed by atoms with van der Waals surface area (Å²) in [5, 5.41) is 6.69. The van der Waals surface area contributed by atoms with Crippen molar-refractivity contribution in [2.24, 2.45) is 5.73 Å². The van der Waals surface area contributed by atoms with Gasteiger partial charge in [0.05, 0.1) is 19.5 Å². The van der Waals surface area contributed by atoms with Crippen molar-refractivity contribution in [2.45, 2.75) is 44.6 Å². The average Bonchev–Trinajstić information content (AvgIpc) is 3.53. The van der Waals surface area contributed by atoms with Gasteiger partial charge in [-0.05, 0) is 43.5 Å². The lowest BCUT2D eigenvalue weighted by Gasteiger charge is -2.28. The number of imidazole rings is 1. The molecule has 0 spiro atoms. The minimum atomic E-state index is -0.305. The van der Waals surface area contributed by atoms with E-state index in [9.17, 15) is 4.79 Å². The fourth-order valence-corrected chi connectivity index (χ4v) is 4.71. The first-order valence-electron chi connectivity index (χ1n) is 12.1. The molecule has 0 atom stereocenters. The van der Waals surface area contributed by atoms with Crippen LogP contribution in [0.2, 0.25) is 0 Å². The van der Waals surface area contributed by atoms with Crippen LogP contribution in [0.5, 0.6) is 0 Å². The zero-order valence-corrected chi connectivity index (χ0v) is 19.4. The monoisotopic (exact) mass is 464 g/mol. The minimum absolute atomic E-state index is 0.305. The number of morpholine rings is 1. The van der Waals surface area contributed by atoms with Gasteiger partial charge in [0, 0.05) is 43.5 Å². The summed E-state index contributed by atoms with van der Waals surface area (Å²) in [6.07, 6.45) is 7.59. The summed E-state index contributed by atoms with van der Waals surface area (Å²) < 4.78 is 7.64. The quantitative estimate of drug-likeness (QED) is 0.413. The van der Waals surface area contributed by atoms with Crippen molar-refractivity contribution in [3.8, 4) is 0 Å². The number of anilines is 4. The number of benzene rings is 1. The molecule has 10 heteroatoms. The second-order valence-electron chi connectivity index (χ2n) is 8.93. The van der Waals surface area contributed by atoms with E-state index in [0.717, 1.165) is 56.0 Å². The molecular weight excluding hydrogens is 432 g/mol. The molecule has 1 aliphatic carbocycles. The Balaban J connectivity index is 1.39. The average molecular weight is 465 g/mol. The number of amides is 1. The lowest BCUT2D eigenvalue weighted by molar-refractivity contribution is -0.118. The van der Waals surface area contributed by atoms with Crippen molar-refractivity contribution >= 4 is 40.2 Å². The molecule has 3 heterocycles. The summed E-state index contributed by atoms with van der Waals surface area (Å²) in [5.74, 6) is 0.878. The van der Waals surface area contributed by atoms with Crippen molar-refractivity contribution < 1.29 is 9.53 Å². The van der Waals surface area contributed by atoms with Gasteiger partial charge in [0.15, 0.2) is 17.0 Å². The van der Waals surface area contributed by atoms with Crippen molar-refractivity contribution in [1.82, 2.24) is 19.5 Å². The van der Waals surface area contributed by atoms with Crippen LogP contribution in [0.25, 0.3) is 11.2 Å². The number of hydrogen-bond donors (Lipinski definition) is 3. The van der Waals surface area contributed by atoms with Crippen molar-refractivity contribution in [3.63, 3.8) is 0 Å². The third-order valence-electron chi connectivity index (χ3n) is 6.53. The van der Waals surface area contributed by atoms with E-state index in [2.05, 4.69) is 49.4 Å². The first kappa shape index (κ1) is 22.4. The molecule has 5 rings (SSSR count). The number of nitrogens with zero attached hydrogens (tertiary/aromatic N) is 5. The molecule has 34 heavy (non-hydrogen) atoms. The molecule has 1 saturated heterocycles. The summed E-state index contributed by atoms with van der Waals surface area (Å²) in [6, 6.07) is 8.78. The number of ether oxygens (including phenoxy) is 1. The normalized spacial score (nSPS) is 16.8. The Labute approximate surface area is 198 Å². The summed E-state index contributed by atoms with van der Waals surface area (Å²) in [7, 11) is 0. The molecule has 1 saturated carbocycles. The predicted molar refractivity (Wildman–Crippen MR) is 133 cm³/mol. The number of primary amides is 1. The molecule has 180 valence electrons. The van der Waals surface area contributed by atoms with Crippen LogP contribution in [0.15, 0.2) is 30.6 Å².